The number of hydrogen-bond donors (Lipinski definition) is 4. The van der Waals surface area contributed by atoms with E-state index in [1.54, 1.807) is 0 Å². The number of aliphatic hydroxyl groups excluding tert-OH is 2. The summed E-state index contributed by atoms with van der Waals surface area (Å²) in [4.78, 5) is 9.32. The zero-order valence-electron chi connectivity index (χ0n) is 18.0. The number of fused-ring (bicyclic) bond motifs is 1. The first-order valence-corrected chi connectivity index (χ1v) is 10.5. The van der Waals surface area contributed by atoms with Crippen LogP contribution < -0.4 is 10.6 Å². The lowest BCUT2D eigenvalue weighted by atomic mass is 10.1. The Hall–Kier alpha value is -3.62. The molecule has 2 atom stereocenters. The number of hydrogen-bond acceptors (Lipinski definition) is 8. The summed E-state index contributed by atoms with van der Waals surface area (Å²) in [6, 6.07) is 18.8. The maximum Gasteiger partial charge on any atom is 0.177 e. The van der Waals surface area contributed by atoms with Crippen molar-refractivity contribution in [3.63, 3.8) is 0 Å². The molecule has 0 aliphatic rings. The first-order chi connectivity index (χ1) is 15.5. The molecule has 2 aromatic heterocycles. The van der Waals surface area contributed by atoms with Crippen LogP contribution in [0.3, 0.4) is 0 Å². The van der Waals surface area contributed by atoms with Crippen LogP contribution in [0.2, 0.25) is 0 Å². The summed E-state index contributed by atoms with van der Waals surface area (Å²) in [7, 11) is 0. The van der Waals surface area contributed by atoms with Crippen LogP contribution >= 0.6 is 0 Å². The van der Waals surface area contributed by atoms with E-state index in [1.807, 2.05) is 74.5 Å². The largest absolute Gasteiger partial charge is 0.387 e. The minimum Gasteiger partial charge on any atom is -0.387 e. The van der Waals surface area contributed by atoms with E-state index < -0.39 is 12.2 Å². The number of nitrogens with zero attached hydrogens (tertiary/aromatic N) is 4. The van der Waals surface area contributed by atoms with Crippen molar-refractivity contribution in [2.75, 3.05) is 23.7 Å². The van der Waals surface area contributed by atoms with Crippen LogP contribution in [0.1, 0.15) is 34.7 Å². The van der Waals surface area contributed by atoms with Crippen LogP contribution in [0, 0.1) is 13.8 Å². The van der Waals surface area contributed by atoms with E-state index in [-0.39, 0.29) is 13.1 Å². The minimum atomic E-state index is -0.702. The molecule has 4 N–H and O–H groups in total. The predicted molar refractivity (Wildman–Crippen MR) is 124 cm³/mol. The number of anilines is 2. The highest BCUT2D eigenvalue weighted by Crippen LogP contribution is 2.25. The first-order valence-electron chi connectivity index (χ1n) is 10.5. The molecule has 0 bridgehead atoms. The average Bonchev–Trinajstić information content (AvgIpc) is 2.83. The van der Waals surface area contributed by atoms with E-state index in [1.165, 1.54) is 0 Å². The van der Waals surface area contributed by atoms with Gasteiger partial charge in [0.2, 0.25) is 0 Å². The van der Waals surface area contributed by atoms with Gasteiger partial charge < -0.3 is 20.8 Å². The molecule has 0 aliphatic heterocycles. The molecule has 164 valence electrons. The summed E-state index contributed by atoms with van der Waals surface area (Å²) in [5.41, 5.74) is 4.30. The minimum absolute atomic E-state index is 0.252. The molecule has 0 amide bonds. The Bertz CT molecular complexity index is 1090. The summed E-state index contributed by atoms with van der Waals surface area (Å²) >= 11 is 0. The molecule has 8 nitrogen and oxygen atoms in total. The van der Waals surface area contributed by atoms with Crippen LogP contribution in [0.5, 0.6) is 0 Å². The Balaban J connectivity index is 1.56. The van der Waals surface area contributed by atoms with Gasteiger partial charge in [0.1, 0.15) is 11.0 Å². The molecule has 0 aliphatic carbocycles. The summed E-state index contributed by atoms with van der Waals surface area (Å²) in [6.45, 7) is 4.28. The standard InChI is InChI=1S/C24H26N6O2/c1-15-16(2)28-22-21(27-15)23(25-13-19(31)17-9-5-3-6-10-17)29-30-24(22)26-14-20(32)18-11-7-4-8-12-18/h3-12,19-20,31-32H,13-14H2,1-2H3,(H,25,29)(H,26,30). The number of nitrogens with one attached hydrogen (secondary N) is 2. The topological polar surface area (TPSA) is 116 Å². The van der Waals surface area contributed by atoms with Crippen LogP contribution in [-0.2, 0) is 0 Å². The van der Waals surface area contributed by atoms with Gasteiger partial charge in [-0.25, -0.2) is 9.97 Å². The Morgan fingerprint density at radius 3 is 1.41 bits per heavy atom. The number of benzene rings is 2. The fourth-order valence-corrected chi connectivity index (χ4v) is 3.34. The van der Waals surface area contributed by atoms with Crippen molar-refractivity contribution in [2.24, 2.45) is 0 Å². The molecule has 4 aromatic rings. The summed E-state index contributed by atoms with van der Waals surface area (Å²) in [5.74, 6) is 0.888. The Morgan fingerprint density at radius 1 is 0.656 bits per heavy atom. The normalized spacial score (nSPS) is 13.0. The zero-order valence-corrected chi connectivity index (χ0v) is 18.0. The predicted octanol–water partition coefficient (Wildman–Crippen LogP) is 3.33. The maximum atomic E-state index is 10.5. The quantitative estimate of drug-likeness (QED) is 0.336. The molecular weight excluding hydrogens is 404 g/mol. The van der Waals surface area contributed by atoms with Gasteiger partial charge in [0.15, 0.2) is 11.6 Å². The second-order valence-corrected chi connectivity index (χ2v) is 7.60. The van der Waals surface area contributed by atoms with Crippen LogP contribution in [-0.4, -0.2) is 43.5 Å². The molecule has 32 heavy (non-hydrogen) atoms. The number of aliphatic hydroxyl groups is 2. The summed E-state index contributed by atoms with van der Waals surface area (Å²) in [6.07, 6.45) is -1.40. The van der Waals surface area contributed by atoms with Crippen LogP contribution in [0.25, 0.3) is 11.0 Å². The SMILES string of the molecule is Cc1nc2c(NCC(O)c3ccccc3)nnc(NCC(O)c3ccccc3)c2nc1C. The molecule has 0 spiro atoms. The summed E-state index contributed by atoms with van der Waals surface area (Å²) < 4.78 is 0. The fraction of sp³-hybridized carbons (Fsp3) is 0.250. The van der Waals surface area contributed by atoms with Crippen molar-refractivity contribution in [3.05, 3.63) is 83.2 Å². The van der Waals surface area contributed by atoms with Gasteiger partial charge in [-0.05, 0) is 25.0 Å². The highest BCUT2D eigenvalue weighted by Gasteiger charge is 2.17. The third-order valence-corrected chi connectivity index (χ3v) is 5.30. The van der Waals surface area contributed by atoms with E-state index in [9.17, 15) is 10.2 Å². The zero-order chi connectivity index (χ0) is 22.5. The highest BCUT2D eigenvalue weighted by atomic mass is 16.3. The molecule has 0 saturated heterocycles. The van der Waals surface area contributed by atoms with Gasteiger partial charge in [-0.15, -0.1) is 10.2 Å². The van der Waals surface area contributed by atoms with Crippen molar-refractivity contribution in [1.29, 1.82) is 0 Å². The van der Waals surface area contributed by atoms with Crippen molar-refractivity contribution in [1.82, 2.24) is 20.2 Å². The Morgan fingerprint density at radius 2 is 1.03 bits per heavy atom. The molecule has 0 saturated carbocycles. The van der Waals surface area contributed by atoms with Crippen molar-refractivity contribution < 1.29 is 10.2 Å². The van der Waals surface area contributed by atoms with Gasteiger partial charge >= 0.3 is 0 Å². The number of aryl methyl sites for hydroxylation is 2. The smallest absolute Gasteiger partial charge is 0.177 e. The van der Waals surface area contributed by atoms with Crippen molar-refractivity contribution >= 4 is 22.7 Å². The molecule has 0 radical (unpaired) electrons. The van der Waals surface area contributed by atoms with E-state index in [0.29, 0.717) is 22.7 Å². The number of aromatic nitrogens is 4. The lowest BCUT2D eigenvalue weighted by molar-refractivity contribution is 0.191. The third kappa shape index (κ3) is 4.82. The monoisotopic (exact) mass is 430 g/mol. The van der Waals surface area contributed by atoms with Crippen molar-refractivity contribution in [2.45, 2.75) is 26.1 Å². The Kier molecular flexibility index (Phi) is 6.53. The Labute approximate surface area is 186 Å². The lowest BCUT2D eigenvalue weighted by Gasteiger charge is -2.16. The van der Waals surface area contributed by atoms with Crippen molar-refractivity contribution in [3.8, 4) is 0 Å². The molecule has 2 heterocycles. The lowest BCUT2D eigenvalue weighted by Crippen LogP contribution is -2.17. The summed E-state index contributed by atoms with van der Waals surface area (Å²) in [5, 5.41) is 35.8. The van der Waals surface area contributed by atoms with Crippen LogP contribution in [0.4, 0.5) is 11.6 Å². The molecule has 8 heteroatoms. The first kappa shape index (κ1) is 21.6. The van der Waals surface area contributed by atoms with E-state index >= 15 is 0 Å². The molecule has 2 unspecified atom stereocenters. The number of rotatable bonds is 8. The highest BCUT2D eigenvalue weighted by molar-refractivity contribution is 5.92. The van der Waals surface area contributed by atoms with Gasteiger partial charge in [0.25, 0.3) is 0 Å². The van der Waals surface area contributed by atoms with E-state index in [4.69, 9.17) is 0 Å². The van der Waals surface area contributed by atoms with Gasteiger partial charge in [0, 0.05) is 13.1 Å². The maximum absolute atomic E-state index is 10.5. The van der Waals surface area contributed by atoms with Gasteiger partial charge in [0.05, 0.1) is 23.6 Å². The molecular formula is C24H26N6O2. The third-order valence-electron chi connectivity index (χ3n) is 5.30. The average molecular weight is 431 g/mol. The second-order valence-electron chi connectivity index (χ2n) is 7.60. The van der Waals surface area contributed by atoms with Crippen LogP contribution in [0.15, 0.2) is 60.7 Å². The van der Waals surface area contributed by atoms with Gasteiger partial charge in [-0.1, -0.05) is 60.7 Å². The fourth-order valence-electron chi connectivity index (χ4n) is 3.34. The van der Waals surface area contributed by atoms with Gasteiger partial charge in [-0.3, -0.25) is 0 Å². The van der Waals surface area contributed by atoms with Gasteiger partial charge in [-0.2, -0.15) is 0 Å². The van der Waals surface area contributed by atoms with E-state index in [2.05, 4.69) is 30.8 Å². The molecule has 0 fully saturated rings. The van der Waals surface area contributed by atoms with E-state index in [0.717, 1.165) is 22.5 Å². The molecule has 4 rings (SSSR count). The second kappa shape index (κ2) is 9.67. The molecule has 2 aromatic carbocycles.